The summed E-state index contributed by atoms with van der Waals surface area (Å²) in [4.78, 5) is 52.0. The number of para-hydroxylation sites is 1. The van der Waals surface area contributed by atoms with Crippen LogP contribution in [0.2, 0.25) is 0 Å². The van der Waals surface area contributed by atoms with Gasteiger partial charge in [0.05, 0.1) is 18.3 Å². The standard InChI is InChI=1S/C36H33N5O12/c37-36-39-33-25(34(50)40-36)38-15-41(33)22-8-4-1-5-16(22)11-17-12-21-24(27(46)20-7-3-2-6-19(20)26(21)45)32(51-14-18(44)9-10-42)31(17)53-35-30(49)29(48)28(47)23(13-43)52-35/h1-8,10,12,18,23,28-30,35,43-44,47-49H,9,11,13-15H2,(H2,37,40,50)/t18-,23+,28+,29-,30+,35+/m1/s1. The van der Waals surface area contributed by atoms with Crippen molar-refractivity contribution >= 4 is 46.9 Å². The van der Waals surface area contributed by atoms with Crippen LogP contribution in [0.15, 0.2) is 69.6 Å². The van der Waals surface area contributed by atoms with E-state index in [1.54, 1.807) is 36.4 Å². The summed E-state index contributed by atoms with van der Waals surface area (Å²) in [7, 11) is 0. The van der Waals surface area contributed by atoms with Crippen molar-refractivity contribution in [3.63, 3.8) is 0 Å². The zero-order valence-corrected chi connectivity index (χ0v) is 27.7. The average molecular weight is 728 g/mol. The third kappa shape index (κ3) is 6.44. The maximum atomic E-state index is 14.2. The molecular formula is C36H33N5O12. The summed E-state index contributed by atoms with van der Waals surface area (Å²) in [6, 6.07) is 14.5. The normalized spacial score (nSPS) is 25.4. The van der Waals surface area contributed by atoms with E-state index in [-0.39, 0.29) is 70.4 Å². The SMILES string of the molecule is N=C1N=C([O-])C2=NC[NH+](c3ccccc3Cc3cc4c(c(OC[C@H](O)CC=O)c3O[C@@H]3O[C@@H](CO)[C@H](O)[C@@H](O)[C@@H]3O)C(=O)c3ccccc3C4=O)C2=N1. The van der Waals surface area contributed by atoms with Crippen molar-refractivity contribution in [3.05, 3.63) is 88.0 Å². The molecular weight excluding hydrogens is 694 g/mol. The Labute approximate surface area is 300 Å². The van der Waals surface area contributed by atoms with Crippen molar-refractivity contribution in [3.8, 4) is 11.5 Å². The quantitative estimate of drug-likeness (QED) is 0.0797. The van der Waals surface area contributed by atoms with Gasteiger partial charge in [-0.05, 0) is 12.1 Å². The molecule has 7 atom stereocenters. The molecule has 274 valence electrons. The van der Waals surface area contributed by atoms with Crippen molar-refractivity contribution < 1.29 is 64.1 Å². The van der Waals surface area contributed by atoms with Gasteiger partial charge in [-0.1, -0.05) is 42.5 Å². The van der Waals surface area contributed by atoms with E-state index in [9.17, 15) is 45.0 Å². The molecule has 17 heteroatoms. The minimum atomic E-state index is -1.89. The number of hydrogen-bond donors (Lipinski definition) is 7. The zero-order valence-electron chi connectivity index (χ0n) is 27.7. The number of rotatable bonds is 11. The van der Waals surface area contributed by atoms with Crippen LogP contribution in [-0.4, -0.2) is 123 Å². The molecule has 53 heavy (non-hydrogen) atoms. The van der Waals surface area contributed by atoms with Crippen LogP contribution < -0.4 is 19.5 Å². The number of carbonyl (C=O) groups excluding carboxylic acids is 3. The summed E-state index contributed by atoms with van der Waals surface area (Å²) < 4.78 is 17.9. The largest absolute Gasteiger partial charge is 0.857 e. The van der Waals surface area contributed by atoms with Crippen molar-refractivity contribution in [1.29, 1.82) is 5.41 Å². The van der Waals surface area contributed by atoms with Crippen LogP contribution in [0.1, 0.15) is 49.4 Å². The van der Waals surface area contributed by atoms with Crippen LogP contribution >= 0.6 is 0 Å². The molecule has 0 radical (unpaired) electrons. The first-order valence-corrected chi connectivity index (χ1v) is 16.5. The first kappa shape index (κ1) is 35.9. The van der Waals surface area contributed by atoms with Gasteiger partial charge in [0.1, 0.15) is 43.0 Å². The van der Waals surface area contributed by atoms with Gasteiger partial charge in [-0.25, -0.2) is 14.9 Å². The Kier molecular flexibility index (Phi) is 9.79. The van der Waals surface area contributed by atoms with Crippen molar-refractivity contribution in [2.45, 2.75) is 49.7 Å². The molecule has 0 spiro atoms. The minimum absolute atomic E-state index is 0.0126. The lowest BCUT2D eigenvalue weighted by molar-refractivity contribution is -0.723. The first-order chi connectivity index (χ1) is 25.5. The van der Waals surface area contributed by atoms with E-state index < -0.39 is 73.4 Å². The van der Waals surface area contributed by atoms with Gasteiger partial charge >= 0.3 is 0 Å². The lowest BCUT2D eigenvalue weighted by atomic mass is 9.81. The molecule has 0 bridgehead atoms. The predicted octanol–water partition coefficient (Wildman–Crippen LogP) is -2.41. The van der Waals surface area contributed by atoms with Crippen LogP contribution in [-0.2, 0) is 16.0 Å². The maximum absolute atomic E-state index is 14.2. The highest BCUT2D eigenvalue weighted by Gasteiger charge is 2.46. The summed E-state index contributed by atoms with van der Waals surface area (Å²) in [6.45, 7) is -1.26. The smallest absolute Gasteiger partial charge is 0.262 e. The highest BCUT2D eigenvalue weighted by molar-refractivity contribution is 6.66. The Bertz CT molecular complexity index is 2110. The van der Waals surface area contributed by atoms with Gasteiger partial charge in [0.15, 0.2) is 35.4 Å². The number of nitrogens with one attached hydrogen (secondary N) is 2. The van der Waals surface area contributed by atoms with E-state index in [1.807, 2.05) is 0 Å². The summed E-state index contributed by atoms with van der Waals surface area (Å²) in [5.41, 5.74) is 1.24. The van der Waals surface area contributed by atoms with Crippen LogP contribution in [0.4, 0.5) is 5.69 Å². The molecule has 7 rings (SSSR count). The predicted molar refractivity (Wildman–Crippen MR) is 181 cm³/mol. The number of guanidine groups is 1. The van der Waals surface area contributed by atoms with Gasteiger partial charge in [0, 0.05) is 46.6 Å². The molecule has 0 saturated carbocycles. The van der Waals surface area contributed by atoms with Crippen LogP contribution in [0, 0.1) is 5.41 Å². The van der Waals surface area contributed by atoms with Crippen LogP contribution in [0.3, 0.4) is 0 Å². The topological polar surface area (TPSA) is 268 Å². The number of benzene rings is 3. The molecule has 3 aliphatic heterocycles. The van der Waals surface area contributed by atoms with E-state index in [2.05, 4.69) is 15.0 Å². The zero-order chi connectivity index (χ0) is 37.6. The molecule has 3 heterocycles. The van der Waals surface area contributed by atoms with E-state index in [0.717, 1.165) is 0 Å². The molecule has 0 amide bonds. The number of ether oxygens (including phenoxy) is 3. The number of ketones is 2. The fourth-order valence-corrected chi connectivity index (χ4v) is 6.70. The second-order valence-corrected chi connectivity index (χ2v) is 12.7. The molecule has 3 aromatic rings. The first-order valence-electron chi connectivity index (χ1n) is 16.5. The fourth-order valence-electron chi connectivity index (χ4n) is 6.70. The number of aliphatic hydroxyl groups is 5. The summed E-state index contributed by atoms with van der Waals surface area (Å²) >= 11 is 0. The molecule has 7 N–H and O–H groups in total. The van der Waals surface area contributed by atoms with Crippen molar-refractivity contribution in [2.75, 3.05) is 19.9 Å². The number of carbonyl (C=O) groups is 3. The third-order valence-electron chi connectivity index (χ3n) is 9.33. The Morgan fingerprint density at radius 1 is 0.962 bits per heavy atom. The fraction of sp³-hybridized carbons (Fsp3) is 0.306. The third-order valence-corrected chi connectivity index (χ3v) is 9.33. The van der Waals surface area contributed by atoms with Crippen molar-refractivity contribution in [1.82, 2.24) is 0 Å². The number of aliphatic hydroxyl groups excluding tert-OH is 5. The highest BCUT2D eigenvalue weighted by atomic mass is 16.7. The second-order valence-electron chi connectivity index (χ2n) is 12.7. The molecule has 1 saturated heterocycles. The van der Waals surface area contributed by atoms with Gasteiger partial charge in [-0.15, -0.1) is 0 Å². The highest BCUT2D eigenvalue weighted by Crippen LogP contribution is 2.44. The Hall–Kier alpha value is -5.53. The number of nitrogens with zero attached hydrogens (tertiary/aromatic N) is 3. The second kappa shape index (κ2) is 14.5. The summed E-state index contributed by atoms with van der Waals surface area (Å²) in [5.74, 6) is -2.71. The number of aliphatic imine (C=N–C) groups is 3. The number of amidine groups is 1. The number of hydrogen-bond acceptors (Lipinski definition) is 14. The molecule has 1 aliphatic carbocycles. The van der Waals surface area contributed by atoms with Gasteiger partial charge in [0.25, 0.3) is 5.84 Å². The molecule has 1 unspecified atom stereocenters. The van der Waals surface area contributed by atoms with Gasteiger partial charge < -0.3 is 49.6 Å². The molecule has 3 aromatic carbocycles. The molecule has 1 fully saturated rings. The lowest BCUT2D eigenvalue weighted by Gasteiger charge is -2.40. The van der Waals surface area contributed by atoms with E-state index in [0.29, 0.717) is 22.4 Å². The monoisotopic (exact) mass is 727 g/mol. The summed E-state index contributed by atoms with van der Waals surface area (Å²) in [6.07, 6.45) is -9.84. The molecule has 17 nitrogen and oxygen atoms in total. The van der Waals surface area contributed by atoms with E-state index >= 15 is 0 Å². The molecule has 4 aliphatic rings. The summed E-state index contributed by atoms with van der Waals surface area (Å²) in [5, 5.41) is 72.8. The molecule has 0 aromatic heterocycles. The van der Waals surface area contributed by atoms with Crippen molar-refractivity contribution in [2.24, 2.45) is 15.0 Å². The van der Waals surface area contributed by atoms with Crippen LogP contribution in [0.25, 0.3) is 0 Å². The maximum Gasteiger partial charge on any atom is 0.262 e. The van der Waals surface area contributed by atoms with Gasteiger partial charge in [-0.2, -0.15) is 4.99 Å². The Morgan fingerprint density at radius 2 is 1.68 bits per heavy atom. The number of quaternary nitrogens is 1. The van der Waals surface area contributed by atoms with Gasteiger partial charge in [0.2, 0.25) is 12.2 Å². The number of aldehydes is 1. The number of fused-ring (bicyclic) bond motifs is 3. The van der Waals surface area contributed by atoms with Crippen LogP contribution in [0.5, 0.6) is 11.5 Å². The van der Waals surface area contributed by atoms with E-state index in [4.69, 9.17) is 19.6 Å². The van der Waals surface area contributed by atoms with E-state index in [1.165, 1.54) is 18.2 Å². The Balaban J connectivity index is 1.40. The average Bonchev–Trinajstić information content (AvgIpc) is 3.58. The minimum Gasteiger partial charge on any atom is -0.857 e. The van der Waals surface area contributed by atoms with Gasteiger partial charge in [-0.3, -0.25) is 15.0 Å². The Morgan fingerprint density at radius 3 is 2.42 bits per heavy atom. The lowest BCUT2D eigenvalue weighted by Crippen LogP contribution is -3.09.